The van der Waals surface area contributed by atoms with Gasteiger partial charge in [-0.2, -0.15) is 4.98 Å². The van der Waals surface area contributed by atoms with E-state index in [9.17, 15) is 13.6 Å². The maximum absolute atomic E-state index is 13.4. The van der Waals surface area contributed by atoms with E-state index >= 15 is 0 Å². The Bertz CT molecular complexity index is 1150. The van der Waals surface area contributed by atoms with E-state index in [0.29, 0.717) is 68.0 Å². The minimum atomic E-state index is -0.394. The second kappa shape index (κ2) is 9.11. The van der Waals surface area contributed by atoms with Gasteiger partial charge in [0, 0.05) is 31.6 Å². The average Bonchev–Trinajstić information content (AvgIpc) is 2.85. The monoisotopic (exact) mass is 452 g/mol. The second-order valence-electron chi connectivity index (χ2n) is 7.89. The zero-order valence-electron chi connectivity index (χ0n) is 17.8. The van der Waals surface area contributed by atoms with Gasteiger partial charge in [0.15, 0.2) is 0 Å². The fourth-order valence-corrected chi connectivity index (χ4v) is 3.92. The summed E-state index contributed by atoms with van der Waals surface area (Å²) in [6.45, 7) is 3.25. The third kappa shape index (κ3) is 4.63. The Morgan fingerprint density at radius 2 is 1.58 bits per heavy atom. The zero-order valence-corrected chi connectivity index (χ0v) is 17.8. The summed E-state index contributed by atoms with van der Waals surface area (Å²) in [6, 6.07) is 11.2. The number of anilines is 1. The molecule has 9 heteroatoms. The molecule has 0 spiro atoms. The summed E-state index contributed by atoms with van der Waals surface area (Å²) in [5.41, 5.74) is 1.93. The van der Waals surface area contributed by atoms with Crippen LogP contribution in [0.5, 0.6) is 11.6 Å². The van der Waals surface area contributed by atoms with Crippen LogP contribution < -0.4 is 9.64 Å². The lowest BCUT2D eigenvalue weighted by atomic mass is 10.1. The maximum Gasteiger partial charge on any atom is 0.254 e. The van der Waals surface area contributed by atoms with E-state index in [-0.39, 0.29) is 18.3 Å². The zero-order chi connectivity index (χ0) is 22.8. The van der Waals surface area contributed by atoms with Gasteiger partial charge in [-0.3, -0.25) is 4.79 Å². The molecule has 3 heterocycles. The van der Waals surface area contributed by atoms with Gasteiger partial charge >= 0.3 is 0 Å². The van der Waals surface area contributed by atoms with Crippen LogP contribution in [0.15, 0.2) is 48.5 Å². The number of benzene rings is 2. The summed E-state index contributed by atoms with van der Waals surface area (Å²) >= 11 is 0. The van der Waals surface area contributed by atoms with E-state index in [2.05, 4.69) is 4.98 Å². The summed E-state index contributed by atoms with van der Waals surface area (Å²) in [5.74, 6) is 0.363. The van der Waals surface area contributed by atoms with Crippen LogP contribution in [0.25, 0.3) is 0 Å². The summed E-state index contributed by atoms with van der Waals surface area (Å²) in [5, 5.41) is 0. The Kier molecular flexibility index (Phi) is 5.87. The minimum Gasteiger partial charge on any atom is -0.438 e. The van der Waals surface area contributed by atoms with Gasteiger partial charge in [-0.05, 0) is 48.5 Å². The molecule has 170 valence electrons. The number of fused-ring (bicyclic) bond motifs is 1. The molecule has 7 nitrogen and oxygen atoms in total. The predicted octanol–water partition coefficient (Wildman–Crippen LogP) is 3.58. The van der Waals surface area contributed by atoms with E-state index in [0.717, 1.165) is 5.69 Å². The van der Waals surface area contributed by atoms with Gasteiger partial charge in [0.2, 0.25) is 11.8 Å². The third-order valence-electron chi connectivity index (χ3n) is 5.71. The van der Waals surface area contributed by atoms with Crippen molar-refractivity contribution < 1.29 is 23.0 Å². The third-order valence-corrected chi connectivity index (χ3v) is 5.71. The molecule has 33 heavy (non-hydrogen) atoms. The molecule has 0 N–H and O–H groups in total. The van der Waals surface area contributed by atoms with Crippen molar-refractivity contribution in [2.45, 2.75) is 13.0 Å². The number of morpholine rings is 1. The largest absolute Gasteiger partial charge is 0.438 e. The second-order valence-corrected chi connectivity index (χ2v) is 7.89. The number of hydrogen-bond acceptors (Lipinski definition) is 6. The Morgan fingerprint density at radius 1 is 0.909 bits per heavy atom. The Labute approximate surface area is 189 Å². The van der Waals surface area contributed by atoms with Crippen LogP contribution >= 0.6 is 0 Å². The molecule has 1 fully saturated rings. The predicted molar refractivity (Wildman–Crippen MR) is 116 cm³/mol. The first-order chi connectivity index (χ1) is 16.1. The summed E-state index contributed by atoms with van der Waals surface area (Å²) < 4.78 is 38.1. The molecule has 1 amide bonds. The molecule has 0 saturated carbocycles. The Hall–Kier alpha value is -3.59. The van der Waals surface area contributed by atoms with Crippen LogP contribution in [0.1, 0.15) is 21.6 Å². The van der Waals surface area contributed by atoms with Crippen molar-refractivity contribution in [1.82, 2.24) is 14.9 Å². The molecule has 2 aliphatic heterocycles. The van der Waals surface area contributed by atoms with Crippen LogP contribution in [0.3, 0.4) is 0 Å². The number of ether oxygens (including phenoxy) is 2. The van der Waals surface area contributed by atoms with Crippen molar-refractivity contribution in [1.29, 1.82) is 0 Å². The first-order valence-corrected chi connectivity index (χ1v) is 10.8. The lowest BCUT2D eigenvalue weighted by Crippen LogP contribution is -2.39. The molecule has 0 unspecified atom stereocenters. The van der Waals surface area contributed by atoms with Crippen molar-refractivity contribution >= 4 is 11.9 Å². The van der Waals surface area contributed by atoms with Gasteiger partial charge in [-0.15, -0.1) is 0 Å². The number of aromatic nitrogens is 2. The summed E-state index contributed by atoms with van der Waals surface area (Å²) in [6.07, 6.45) is 0.530. The number of carbonyl (C=O) groups is 1. The lowest BCUT2D eigenvalue weighted by molar-refractivity contribution is 0.0731. The van der Waals surface area contributed by atoms with Gasteiger partial charge in [0.25, 0.3) is 5.91 Å². The molecule has 0 radical (unpaired) electrons. The first-order valence-electron chi connectivity index (χ1n) is 10.8. The van der Waals surface area contributed by atoms with Crippen molar-refractivity contribution in [3.63, 3.8) is 0 Å². The van der Waals surface area contributed by atoms with Crippen LogP contribution in [0, 0.1) is 11.6 Å². The number of hydrogen-bond donors (Lipinski definition) is 0. The van der Waals surface area contributed by atoms with Crippen molar-refractivity contribution in [3.05, 3.63) is 77.0 Å². The standard InChI is InChI=1S/C24H22F2N4O3/c25-17-3-1-16(2-4-17)23(31)30-10-9-21-20(15-30)22(33-19-7-5-18(26)6-8-19)28-24(27-21)29-11-13-32-14-12-29/h1-8H,9-15H2. The average molecular weight is 452 g/mol. The van der Waals surface area contributed by atoms with Gasteiger partial charge in [0.05, 0.1) is 31.0 Å². The lowest BCUT2D eigenvalue weighted by Gasteiger charge is -2.32. The van der Waals surface area contributed by atoms with Crippen LogP contribution in [0.2, 0.25) is 0 Å². The molecule has 3 aromatic rings. The summed E-state index contributed by atoms with van der Waals surface area (Å²) in [7, 11) is 0. The normalized spacial score (nSPS) is 15.8. The van der Waals surface area contributed by atoms with Crippen LogP contribution in [-0.2, 0) is 17.7 Å². The molecule has 2 aromatic carbocycles. The molecular weight excluding hydrogens is 430 g/mol. The number of rotatable bonds is 4. The highest BCUT2D eigenvalue weighted by molar-refractivity contribution is 5.94. The fraction of sp³-hybridized carbons (Fsp3) is 0.292. The van der Waals surface area contributed by atoms with Crippen LogP contribution in [-0.4, -0.2) is 53.6 Å². The van der Waals surface area contributed by atoms with Crippen molar-refractivity contribution in [2.75, 3.05) is 37.7 Å². The quantitative estimate of drug-likeness (QED) is 0.603. The molecule has 5 rings (SSSR count). The molecule has 0 aliphatic carbocycles. The number of amides is 1. The Morgan fingerprint density at radius 3 is 2.27 bits per heavy atom. The van der Waals surface area contributed by atoms with Gasteiger partial charge in [0.1, 0.15) is 17.4 Å². The highest BCUT2D eigenvalue weighted by Crippen LogP contribution is 2.32. The van der Waals surface area contributed by atoms with Gasteiger partial charge in [-0.25, -0.2) is 13.8 Å². The fourth-order valence-electron chi connectivity index (χ4n) is 3.92. The minimum absolute atomic E-state index is 0.203. The highest BCUT2D eigenvalue weighted by Gasteiger charge is 2.28. The number of halogens is 2. The van der Waals surface area contributed by atoms with Gasteiger partial charge in [-0.1, -0.05) is 0 Å². The highest BCUT2D eigenvalue weighted by atomic mass is 19.1. The maximum atomic E-state index is 13.4. The topological polar surface area (TPSA) is 67.8 Å². The number of nitrogens with zero attached hydrogens (tertiary/aromatic N) is 4. The smallest absolute Gasteiger partial charge is 0.254 e. The van der Waals surface area contributed by atoms with E-state index in [4.69, 9.17) is 14.5 Å². The van der Waals surface area contributed by atoms with Gasteiger partial charge < -0.3 is 19.3 Å². The molecule has 0 atom stereocenters. The summed E-state index contributed by atoms with van der Waals surface area (Å²) in [4.78, 5) is 26.1. The molecular formula is C24H22F2N4O3. The van der Waals surface area contributed by atoms with E-state index in [1.165, 1.54) is 48.5 Å². The SMILES string of the molecule is O=C(c1ccc(F)cc1)N1CCc2nc(N3CCOCC3)nc(Oc3ccc(F)cc3)c2C1. The van der Waals surface area contributed by atoms with Crippen molar-refractivity contribution in [3.8, 4) is 11.6 Å². The van der Waals surface area contributed by atoms with Crippen molar-refractivity contribution in [2.24, 2.45) is 0 Å². The van der Waals surface area contributed by atoms with Crippen LogP contribution in [0.4, 0.5) is 14.7 Å². The first kappa shape index (κ1) is 21.3. The van der Waals surface area contributed by atoms with E-state index in [1.54, 1.807) is 4.90 Å². The molecule has 0 bridgehead atoms. The molecule has 2 aliphatic rings. The Balaban J connectivity index is 1.47. The van der Waals surface area contributed by atoms with E-state index < -0.39 is 5.82 Å². The molecule has 1 saturated heterocycles. The number of carbonyl (C=O) groups excluding carboxylic acids is 1. The van der Waals surface area contributed by atoms with E-state index in [1.807, 2.05) is 4.90 Å². The molecule has 1 aromatic heterocycles.